The van der Waals surface area contributed by atoms with Crippen LogP contribution in [0.15, 0.2) is 0 Å². The molecule has 1 saturated heterocycles. The van der Waals surface area contributed by atoms with Gasteiger partial charge in [-0.1, -0.05) is 51.9 Å². The van der Waals surface area contributed by atoms with Crippen LogP contribution in [-0.2, 0) is 4.74 Å². The average Bonchev–Trinajstić information content (AvgIpc) is 2.84. The quantitative estimate of drug-likeness (QED) is 0.574. The van der Waals surface area contributed by atoms with Gasteiger partial charge in [0, 0.05) is 24.1 Å². The summed E-state index contributed by atoms with van der Waals surface area (Å²) in [6.45, 7) is 12.1. The van der Waals surface area contributed by atoms with E-state index in [-0.39, 0.29) is 5.54 Å². The zero-order valence-electron chi connectivity index (χ0n) is 14.4. The maximum atomic E-state index is 5.70. The Morgan fingerprint density at radius 1 is 1.00 bits per heavy atom. The fourth-order valence-corrected chi connectivity index (χ4v) is 2.98. The first kappa shape index (κ1) is 18.0. The van der Waals surface area contributed by atoms with E-state index in [2.05, 4.69) is 33.0 Å². The maximum absolute atomic E-state index is 5.70. The van der Waals surface area contributed by atoms with E-state index in [0.29, 0.717) is 5.41 Å². The Hall–Kier alpha value is -0.0800. The fraction of sp³-hybridized carbons (Fsp3) is 1.00. The molecular formula is C18H37NO. The van der Waals surface area contributed by atoms with Crippen molar-refractivity contribution in [3.63, 3.8) is 0 Å². The third kappa shape index (κ3) is 7.64. The van der Waals surface area contributed by atoms with E-state index in [1.165, 1.54) is 57.8 Å². The predicted octanol–water partition coefficient (Wildman–Crippen LogP) is 4.92. The number of ether oxygens (including phenoxy) is 1. The molecule has 0 amide bonds. The van der Waals surface area contributed by atoms with Gasteiger partial charge in [0.1, 0.15) is 0 Å². The summed E-state index contributed by atoms with van der Waals surface area (Å²) in [5.74, 6) is 0. The molecule has 120 valence electrons. The number of nitrogens with one attached hydrogen (secondary N) is 1. The highest BCUT2D eigenvalue weighted by Crippen LogP contribution is 2.34. The summed E-state index contributed by atoms with van der Waals surface area (Å²) in [7, 11) is 0. The lowest BCUT2D eigenvalue weighted by Crippen LogP contribution is -2.44. The Morgan fingerprint density at radius 2 is 1.65 bits per heavy atom. The highest BCUT2D eigenvalue weighted by atomic mass is 16.5. The van der Waals surface area contributed by atoms with Crippen molar-refractivity contribution >= 4 is 0 Å². The van der Waals surface area contributed by atoms with E-state index in [1.54, 1.807) is 0 Å². The molecule has 1 unspecified atom stereocenters. The zero-order valence-corrected chi connectivity index (χ0v) is 14.4. The van der Waals surface area contributed by atoms with Gasteiger partial charge in [-0.15, -0.1) is 0 Å². The lowest BCUT2D eigenvalue weighted by Gasteiger charge is -2.32. The molecule has 1 aliphatic rings. The summed E-state index contributed by atoms with van der Waals surface area (Å²) in [4.78, 5) is 0. The van der Waals surface area contributed by atoms with Crippen molar-refractivity contribution in [1.29, 1.82) is 0 Å². The first-order chi connectivity index (χ1) is 9.47. The highest BCUT2D eigenvalue weighted by molar-refractivity contribution is 4.87. The van der Waals surface area contributed by atoms with E-state index >= 15 is 0 Å². The molecule has 0 aromatic heterocycles. The van der Waals surface area contributed by atoms with Crippen molar-refractivity contribution in [2.45, 2.75) is 91.0 Å². The molecule has 2 nitrogen and oxygen atoms in total. The van der Waals surface area contributed by atoms with Crippen LogP contribution in [0.5, 0.6) is 0 Å². The van der Waals surface area contributed by atoms with Crippen LogP contribution in [0.3, 0.4) is 0 Å². The maximum Gasteiger partial charge on any atom is 0.0535 e. The topological polar surface area (TPSA) is 21.3 Å². The van der Waals surface area contributed by atoms with Gasteiger partial charge in [0.2, 0.25) is 0 Å². The molecule has 0 radical (unpaired) electrons. The van der Waals surface area contributed by atoms with Gasteiger partial charge in [0.15, 0.2) is 0 Å². The number of hydrogen-bond donors (Lipinski definition) is 1. The number of unbranched alkanes of at least 4 members (excludes halogenated alkanes) is 6. The molecule has 0 aromatic carbocycles. The van der Waals surface area contributed by atoms with E-state index in [9.17, 15) is 0 Å². The van der Waals surface area contributed by atoms with Crippen molar-refractivity contribution < 1.29 is 4.74 Å². The van der Waals surface area contributed by atoms with Gasteiger partial charge in [0.25, 0.3) is 0 Å². The van der Waals surface area contributed by atoms with Gasteiger partial charge < -0.3 is 10.1 Å². The minimum absolute atomic E-state index is 0.218. The normalized spacial score (nSPS) is 23.4. The van der Waals surface area contributed by atoms with Gasteiger partial charge in [-0.05, 0) is 33.6 Å². The summed E-state index contributed by atoms with van der Waals surface area (Å²) < 4.78 is 5.70. The summed E-state index contributed by atoms with van der Waals surface area (Å²) in [5, 5.41) is 3.69. The largest absolute Gasteiger partial charge is 0.381 e. The van der Waals surface area contributed by atoms with Crippen LogP contribution in [0.4, 0.5) is 0 Å². The molecule has 1 N–H and O–H groups in total. The van der Waals surface area contributed by atoms with Gasteiger partial charge in [-0.25, -0.2) is 0 Å². The predicted molar refractivity (Wildman–Crippen MR) is 88.2 cm³/mol. The van der Waals surface area contributed by atoms with Crippen molar-refractivity contribution in [2.24, 2.45) is 5.41 Å². The van der Waals surface area contributed by atoms with Crippen LogP contribution >= 0.6 is 0 Å². The van der Waals surface area contributed by atoms with Gasteiger partial charge in [-0.2, -0.15) is 0 Å². The van der Waals surface area contributed by atoms with Crippen LogP contribution in [0, 0.1) is 5.41 Å². The Balaban J connectivity index is 2.18. The van der Waals surface area contributed by atoms with Gasteiger partial charge >= 0.3 is 0 Å². The number of rotatable bonds is 10. The summed E-state index contributed by atoms with van der Waals surface area (Å²) in [5.41, 5.74) is 0.631. The highest BCUT2D eigenvalue weighted by Gasteiger charge is 2.34. The minimum Gasteiger partial charge on any atom is -0.381 e. The summed E-state index contributed by atoms with van der Waals surface area (Å²) in [6.07, 6.45) is 12.4. The molecule has 2 heteroatoms. The van der Waals surface area contributed by atoms with Crippen LogP contribution in [0.2, 0.25) is 0 Å². The Labute approximate surface area is 127 Å². The van der Waals surface area contributed by atoms with Gasteiger partial charge in [-0.3, -0.25) is 0 Å². The molecule has 0 aromatic rings. The smallest absolute Gasteiger partial charge is 0.0535 e. The van der Waals surface area contributed by atoms with Crippen molar-refractivity contribution in [3.8, 4) is 0 Å². The van der Waals surface area contributed by atoms with Crippen LogP contribution < -0.4 is 5.32 Å². The van der Waals surface area contributed by atoms with Crippen molar-refractivity contribution in [2.75, 3.05) is 19.8 Å². The molecule has 1 fully saturated rings. The molecular weight excluding hydrogens is 246 g/mol. The van der Waals surface area contributed by atoms with Crippen LogP contribution in [-0.4, -0.2) is 25.3 Å². The van der Waals surface area contributed by atoms with E-state index in [4.69, 9.17) is 4.74 Å². The molecule has 1 aliphatic heterocycles. The molecule has 0 saturated carbocycles. The average molecular weight is 284 g/mol. The Kier molecular flexibility index (Phi) is 8.13. The van der Waals surface area contributed by atoms with E-state index in [0.717, 1.165) is 19.8 Å². The second kappa shape index (κ2) is 9.04. The fourth-order valence-electron chi connectivity index (χ4n) is 2.98. The van der Waals surface area contributed by atoms with E-state index < -0.39 is 0 Å². The van der Waals surface area contributed by atoms with Crippen molar-refractivity contribution in [1.82, 2.24) is 5.32 Å². The van der Waals surface area contributed by atoms with E-state index in [1.807, 2.05) is 0 Å². The first-order valence-corrected chi connectivity index (χ1v) is 8.80. The second-order valence-electron chi connectivity index (χ2n) is 7.78. The summed E-state index contributed by atoms with van der Waals surface area (Å²) in [6, 6.07) is 0. The first-order valence-electron chi connectivity index (χ1n) is 8.80. The summed E-state index contributed by atoms with van der Waals surface area (Å²) >= 11 is 0. The zero-order chi connectivity index (χ0) is 14.9. The SMILES string of the molecule is CCCCCCCCCC1(CNC(C)(C)C)CCOC1. The Bertz CT molecular complexity index is 238. The van der Waals surface area contributed by atoms with Crippen molar-refractivity contribution in [3.05, 3.63) is 0 Å². The third-order valence-electron chi connectivity index (χ3n) is 4.49. The lowest BCUT2D eigenvalue weighted by atomic mass is 9.81. The number of hydrogen-bond acceptors (Lipinski definition) is 2. The molecule has 0 aliphatic carbocycles. The Morgan fingerprint density at radius 3 is 2.20 bits per heavy atom. The molecule has 1 rings (SSSR count). The molecule has 0 spiro atoms. The standard InChI is InChI=1S/C18H37NO/c1-5-6-7-8-9-10-11-12-18(13-14-20-16-18)15-19-17(2,3)4/h19H,5-16H2,1-4H3. The van der Waals surface area contributed by atoms with Crippen LogP contribution in [0.1, 0.15) is 85.5 Å². The molecule has 0 bridgehead atoms. The minimum atomic E-state index is 0.218. The second-order valence-corrected chi connectivity index (χ2v) is 7.78. The monoisotopic (exact) mass is 283 g/mol. The molecule has 20 heavy (non-hydrogen) atoms. The van der Waals surface area contributed by atoms with Gasteiger partial charge in [0.05, 0.1) is 6.61 Å². The van der Waals surface area contributed by atoms with Crippen LogP contribution in [0.25, 0.3) is 0 Å². The molecule has 1 heterocycles. The molecule has 1 atom stereocenters. The third-order valence-corrected chi connectivity index (χ3v) is 4.49. The lowest BCUT2D eigenvalue weighted by molar-refractivity contribution is 0.136.